The Balaban J connectivity index is 2.18. The summed E-state index contributed by atoms with van der Waals surface area (Å²) in [7, 11) is 0. The summed E-state index contributed by atoms with van der Waals surface area (Å²) in [5.41, 5.74) is 1.12. The third kappa shape index (κ3) is 3.41. The van der Waals surface area contributed by atoms with Crippen LogP contribution in [0, 0.1) is 11.3 Å². The van der Waals surface area contributed by atoms with Crippen molar-refractivity contribution in [3.63, 3.8) is 0 Å². The van der Waals surface area contributed by atoms with E-state index in [2.05, 4.69) is 50.5 Å². The van der Waals surface area contributed by atoms with Gasteiger partial charge < -0.3 is 4.74 Å². The van der Waals surface area contributed by atoms with Gasteiger partial charge in [-0.1, -0.05) is 39.0 Å². The van der Waals surface area contributed by atoms with Crippen molar-refractivity contribution >= 4 is 23.5 Å². The standard InChI is InChI=1S/C16H21NOS/c1-16(2,3)13(11-19)10-18-14-8-4-6-12-7-5-9-17-15(12)14/h4-9,13,19H,10-11H2,1-3H3. The summed E-state index contributed by atoms with van der Waals surface area (Å²) in [6.07, 6.45) is 1.80. The highest BCUT2D eigenvalue weighted by Gasteiger charge is 2.24. The second-order valence-electron chi connectivity index (χ2n) is 5.89. The van der Waals surface area contributed by atoms with Gasteiger partial charge in [-0.3, -0.25) is 4.98 Å². The first-order valence-corrected chi connectivity index (χ1v) is 7.23. The number of benzene rings is 1. The molecule has 0 aliphatic rings. The highest BCUT2D eigenvalue weighted by atomic mass is 32.1. The van der Waals surface area contributed by atoms with E-state index in [-0.39, 0.29) is 5.41 Å². The smallest absolute Gasteiger partial charge is 0.145 e. The Labute approximate surface area is 120 Å². The lowest BCUT2D eigenvalue weighted by Gasteiger charge is -2.29. The van der Waals surface area contributed by atoms with E-state index in [4.69, 9.17) is 4.74 Å². The molecule has 3 heteroatoms. The number of thiol groups is 1. The van der Waals surface area contributed by atoms with Gasteiger partial charge in [0.25, 0.3) is 0 Å². The van der Waals surface area contributed by atoms with Crippen LogP contribution in [0.25, 0.3) is 10.9 Å². The molecule has 1 unspecified atom stereocenters. The van der Waals surface area contributed by atoms with Crippen LogP contribution in [-0.2, 0) is 0 Å². The first-order chi connectivity index (χ1) is 9.02. The van der Waals surface area contributed by atoms with E-state index < -0.39 is 0 Å². The minimum atomic E-state index is 0.194. The van der Waals surface area contributed by atoms with Crippen molar-refractivity contribution in [1.29, 1.82) is 0 Å². The average Bonchev–Trinajstić information content (AvgIpc) is 2.38. The average molecular weight is 275 g/mol. The summed E-state index contributed by atoms with van der Waals surface area (Å²) in [4.78, 5) is 4.40. The molecular weight excluding hydrogens is 254 g/mol. The van der Waals surface area contributed by atoms with Gasteiger partial charge in [-0.15, -0.1) is 0 Å². The third-order valence-electron chi connectivity index (χ3n) is 3.48. The van der Waals surface area contributed by atoms with E-state index in [0.29, 0.717) is 12.5 Å². The van der Waals surface area contributed by atoms with Crippen molar-refractivity contribution in [2.24, 2.45) is 11.3 Å². The van der Waals surface area contributed by atoms with Crippen LogP contribution in [0.3, 0.4) is 0 Å². The van der Waals surface area contributed by atoms with Gasteiger partial charge in [0.2, 0.25) is 0 Å². The highest BCUT2D eigenvalue weighted by molar-refractivity contribution is 7.80. The quantitative estimate of drug-likeness (QED) is 0.845. The monoisotopic (exact) mass is 275 g/mol. The van der Waals surface area contributed by atoms with E-state index >= 15 is 0 Å². The van der Waals surface area contributed by atoms with E-state index in [0.717, 1.165) is 22.4 Å². The number of hydrogen-bond acceptors (Lipinski definition) is 3. The summed E-state index contributed by atoms with van der Waals surface area (Å²) in [5.74, 6) is 2.09. The van der Waals surface area contributed by atoms with Crippen molar-refractivity contribution in [2.75, 3.05) is 12.4 Å². The highest BCUT2D eigenvalue weighted by Crippen LogP contribution is 2.29. The van der Waals surface area contributed by atoms with Crippen molar-refractivity contribution < 1.29 is 4.74 Å². The predicted molar refractivity (Wildman–Crippen MR) is 84.0 cm³/mol. The summed E-state index contributed by atoms with van der Waals surface area (Å²) in [6.45, 7) is 7.33. The fourth-order valence-electron chi connectivity index (χ4n) is 1.96. The molecule has 0 amide bonds. The molecule has 0 N–H and O–H groups in total. The van der Waals surface area contributed by atoms with Gasteiger partial charge in [0.05, 0.1) is 6.61 Å². The lowest BCUT2D eigenvalue weighted by Crippen LogP contribution is -2.28. The Bertz CT molecular complexity index is 542. The Morgan fingerprint density at radius 1 is 1.21 bits per heavy atom. The summed E-state index contributed by atoms with van der Waals surface area (Å²) in [6, 6.07) is 10.0. The zero-order valence-corrected chi connectivity index (χ0v) is 12.7. The number of hydrogen-bond donors (Lipinski definition) is 1. The van der Waals surface area contributed by atoms with Gasteiger partial charge in [-0.2, -0.15) is 12.6 Å². The minimum Gasteiger partial charge on any atom is -0.491 e. The first-order valence-electron chi connectivity index (χ1n) is 6.60. The fraction of sp³-hybridized carbons (Fsp3) is 0.438. The van der Waals surface area contributed by atoms with Crippen LogP contribution in [0.1, 0.15) is 20.8 Å². The minimum absolute atomic E-state index is 0.194. The Morgan fingerprint density at radius 2 is 1.95 bits per heavy atom. The van der Waals surface area contributed by atoms with Crippen molar-refractivity contribution in [3.05, 3.63) is 36.5 Å². The van der Waals surface area contributed by atoms with Crippen LogP contribution < -0.4 is 4.74 Å². The maximum atomic E-state index is 5.99. The number of ether oxygens (including phenoxy) is 1. The SMILES string of the molecule is CC(C)(C)C(CS)COc1cccc2cccnc12. The maximum Gasteiger partial charge on any atom is 0.145 e. The maximum absolute atomic E-state index is 5.99. The molecule has 1 atom stereocenters. The summed E-state index contributed by atoms with van der Waals surface area (Å²) >= 11 is 4.43. The van der Waals surface area contributed by atoms with Crippen molar-refractivity contribution in [2.45, 2.75) is 20.8 Å². The zero-order chi connectivity index (χ0) is 13.9. The lowest BCUT2D eigenvalue weighted by atomic mass is 9.82. The predicted octanol–water partition coefficient (Wildman–Crippen LogP) is 4.21. The first kappa shape index (κ1) is 14.2. The van der Waals surface area contributed by atoms with E-state index in [1.807, 2.05) is 18.2 Å². The molecule has 1 heterocycles. The van der Waals surface area contributed by atoms with Gasteiger partial charge in [-0.25, -0.2) is 0 Å². The van der Waals surface area contributed by atoms with Crippen LogP contribution in [0.5, 0.6) is 5.75 Å². The zero-order valence-electron chi connectivity index (χ0n) is 11.8. The fourth-order valence-corrected chi connectivity index (χ4v) is 2.61. The Morgan fingerprint density at radius 3 is 2.63 bits per heavy atom. The molecule has 1 aromatic carbocycles. The van der Waals surface area contributed by atoms with Gasteiger partial charge in [0.1, 0.15) is 11.3 Å². The van der Waals surface area contributed by atoms with Crippen LogP contribution >= 0.6 is 12.6 Å². The molecule has 0 aliphatic carbocycles. The van der Waals surface area contributed by atoms with Gasteiger partial charge >= 0.3 is 0 Å². The lowest BCUT2D eigenvalue weighted by molar-refractivity contribution is 0.166. The number of rotatable bonds is 4. The van der Waals surface area contributed by atoms with E-state index in [1.54, 1.807) is 6.20 Å². The summed E-state index contributed by atoms with van der Waals surface area (Å²) in [5, 5.41) is 1.11. The number of pyridine rings is 1. The second kappa shape index (κ2) is 5.83. The number of aromatic nitrogens is 1. The van der Waals surface area contributed by atoms with Crippen LogP contribution in [0.4, 0.5) is 0 Å². The third-order valence-corrected chi connectivity index (χ3v) is 3.92. The molecule has 102 valence electrons. The number of para-hydroxylation sites is 1. The molecule has 2 rings (SSSR count). The van der Waals surface area contributed by atoms with E-state index in [1.165, 1.54) is 0 Å². The molecule has 2 nitrogen and oxygen atoms in total. The van der Waals surface area contributed by atoms with Gasteiger partial charge in [-0.05, 0) is 23.3 Å². The molecule has 1 aromatic heterocycles. The molecule has 0 saturated heterocycles. The van der Waals surface area contributed by atoms with Crippen LogP contribution in [-0.4, -0.2) is 17.3 Å². The molecule has 2 aromatic rings. The van der Waals surface area contributed by atoms with Crippen LogP contribution in [0.2, 0.25) is 0 Å². The number of fused-ring (bicyclic) bond motifs is 1. The van der Waals surface area contributed by atoms with Gasteiger partial charge in [0, 0.05) is 17.5 Å². The molecule has 0 saturated carbocycles. The normalized spacial score (nSPS) is 13.5. The molecule has 0 aliphatic heterocycles. The molecule has 0 spiro atoms. The largest absolute Gasteiger partial charge is 0.491 e. The summed E-state index contributed by atoms with van der Waals surface area (Å²) < 4.78 is 5.99. The topological polar surface area (TPSA) is 22.1 Å². The molecule has 0 bridgehead atoms. The van der Waals surface area contributed by atoms with Crippen molar-refractivity contribution in [1.82, 2.24) is 4.98 Å². The van der Waals surface area contributed by atoms with Crippen LogP contribution in [0.15, 0.2) is 36.5 Å². The van der Waals surface area contributed by atoms with Crippen molar-refractivity contribution in [3.8, 4) is 5.75 Å². The molecule has 0 fully saturated rings. The second-order valence-corrected chi connectivity index (χ2v) is 6.25. The molecular formula is C16H21NOS. The van der Waals surface area contributed by atoms with Gasteiger partial charge in [0.15, 0.2) is 0 Å². The molecule has 19 heavy (non-hydrogen) atoms. The molecule has 0 radical (unpaired) electrons. The Hall–Kier alpha value is -1.22. The number of nitrogens with zero attached hydrogens (tertiary/aromatic N) is 1. The Kier molecular flexibility index (Phi) is 4.35. The van der Waals surface area contributed by atoms with E-state index in [9.17, 15) is 0 Å².